The summed E-state index contributed by atoms with van der Waals surface area (Å²) < 4.78 is 0. The summed E-state index contributed by atoms with van der Waals surface area (Å²) in [5, 5.41) is 4.36. The fourth-order valence-corrected chi connectivity index (χ4v) is 8.64. The van der Waals surface area contributed by atoms with E-state index in [9.17, 15) is 0 Å². The zero-order chi connectivity index (χ0) is 38.5. The lowest BCUT2D eigenvalue weighted by atomic mass is 9.72. The first-order valence-corrected chi connectivity index (χ1v) is 19.3. The standard InChI is InChI=1S/C52H52N2/c1-49(2,3)33-51(7,8)39-25-19-35(20-26-39)15-17-37-23-29-41-42-30-24-38(18-16-36-21-27-40(28-22-36)52(9,10)34-50(4,5)6)32-44(42)48-47(43(41)31-37)53-45-13-11-12-14-46(45)54-48/h11-14,19-32H,33-34H2,1-10H3. The SMILES string of the molecule is CC(C)(C)CC(C)(C)c1ccc(C#Cc2ccc3c4ccc(C#Cc5ccc(C(C)(C)CC(C)(C)C)cc5)cc4c4nc5ccccc5nc4c3c2)cc1. The number of rotatable bonds is 4. The molecular formula is C52H52N2. The second-order valence-corrected chi connectivity index (χ2v) is 18.8. The highest BCUT2D eigenvalue weighted by atomic mass is 14.8. The van der Waals surface area contributed by atoms with Gasteiger partial charge >= 0.3 is 0 Å². The second-order valence-electron chi connectivity index (χ2n) is 18.8. The summed E-state index contributed by atoms with van der Waals surface area (Å²) in [5.41, 5.74) is 10.8. The number of para-hydroxylation sites is 2. The minimum Gasteiger partial charge on any atom is -0.244 e. The van der Waals surface area contributed by atoms with Crippen LogP contribution in [0.4, 0.5) is 0 Å². The van der Waals surface area contributed by atoms with Crippen molar-refractivity contribution in [2.24, 2.45) is 10.8 Å². The molecule has 0 fully saturated rings. The smallest absolute Gasteiger partial charge is 0.0979 e. The van der Waals surface area contributed by atoms with Crippen LogP contribution >= 0.6 is 0 Å². The number of benzene rings is 6. The van der Waals surface area contributed by atoms with Gasteiger partial charge in [-0.25, -0.2) is 9.97 Å². The molecule has 0 saturated heterocycles. The van der Waals surface area contributed by atoms with E-state index in [2.05, 4.69) is 178 Å². The molecule has 0 radical (unpaired) electrons. The molecule has 0 aliphatic heterocycles. The van der Waals surface area contributed by atoms with Crippen LogP contribution in [0.5, 0.6) is 0 Å². The van der Waals surface area contributed by atoms with Crippen molar-refractivity contribution >= 4 is 43.6 Å². The molecule has 0 spiro atoms. The highest BCUT2D eigenvalue weighted by Crippen LogP contribution is 2.38. The van der Waals surface area contributed by atoms with Crippen LogP contribution in [-0.2, 0) is 10.8 Å². The van der Waals surface area contributed by atoms with E-state index in [0.717, 1.165) is 78.7 Å². The van der Waals surface area contributed by atoms with Crippen molar-refractivity contribution in [3.8, 4) is 23.7 Å². The van der Waals surface area contributed by atoms with E-state index in [1.165, 1.54) is 11.1 Å². The first-order chi connectivity index (χ1) is 25.4. The molecular weight excluding hydrogens is 653 g/mol. The molecule has 0 aliphatic rings. The summed E-state index contributed by atoms with van der Waals surface area (Å²) in [6, 6.07) is 38.6. The minimum absolute atomic E-state index is 0.0978. The fraction of sp³-hybridized carbons (Fsp3) is 0.308. The van der Waals surface area contributed by atoms with E-state index in [0.29, 0.717) is 0 Å². The number of hydrogen-bond acceptors (Lipinski definition) is 2. The van der Waals surface area contributed by atoms with E-state index in [4.69, 9.17) is 9.97 Å². The minimum atomic E-state index is 0.0978. The molecule has 7 aromatic rings. The van der Waals surface area contributed by atoms with E-state index in [1.807, 2.05) is 24.3 Å². The maximum absolute atomic E-state index is 5.20. The van der Waals surface area contributed by atoms with Gasteiger partial charge in [0.15, 0.2) is 0 Å². The van der Waals surface area contributed by atoms with Crippen molar-refractivity contribution in [3.05, 3.63) is 143 Å². The third kappa shape index (κ3) is 8.05. The lowest BCUT2D eigenvalue weighted by Crippen LogP contribution is -2.24. The molecule has 0 atom stereocenters. The van der Waals surface area contributed by atoms with Gasteiger partial charge in [0.2, 0.25) is 0 Å². The molecule has 2 heteroatoms. The summed E-state index contributed by atoms with van der Waals surface area (Å²) in [5.74, 6) is 13.7. The normalized spacial score (nSPS) is 12.5. The average molecular weight is 705 g/mol. The Hall–Kier alpha value is -5.44. The summed E-state index contributed by atoms with van der Waals surface area (Å²) in [7, 11) is 0. The van der Waals surface area contributed by atoms with Crippen LogP contribution in [0.15, 0.2) is 109 Å². The van der Waals surface area contributed by atoms with Gasteiger partial charge in [0.1, 0.15) is 0 Å². The Bertz CT molecular complexity index is 2470. The van der Waals surface area contributed by atoms with Crippen LogP contribution in [0.1, 0.15) is 115 Å². The molecule has 54 heavy (non-hydrogen) atoms. The molecule has 0 saturated carbocycles. The van der Waals surface area contributed by atoms with E-state index in [1.54, 1.807) is 0 Å². The molecule has 0 amide bonds. The van der Waals surface area contributed by atoms with Gasteiger partial charge < -0.3 is 0 Å². The number of fused-ring (bicyclic) bond motifs is 7. The van der Waals surface area contributed by atoms with Crippen LogP contribution in [-0.4, -0.2) is 9.97 Å². The van der Waals surface area contributed by atoms with Crippen LogP contribution in [0, 0.1) is 34.5 Å². The van der Waals surface area contributed by atoms with Gasteiger partial charge in [-0.05, 0) is 117 Å². The predicted molar refractivity (Wildman–Crippen MR) is 231 cm³/mol. The van der Waals surface area contributed by atoms with Gasteiger partial charge in [-0.3, -0.25) is 0 Å². The van der Waals surface area contributed by atoms with Crippen molar-refractivity contribution in [1.82, 2.24) is 9.97 Å². The summed E-state index contributed by atoms with van der Waals surface area (Å²) in [6.07, 6.45) is 2.23. The molecule has 2 nitrogen and oxygen atoms in total. The third-order valence-electron chi connectivity index (χ3n) is 10.4. The number of hydrogen-bond donors (Lipinski definition) is 0. The summed E-state index contributed by atoms with van der Waals surface area (Å²) in [4.78, 5) is 10.4. The summed E-state index contributed by atoms with van der Waals surface area (Å²) >= 11 is 0. The van der Waals surface area contributed by atoms with Gasteiger partial charge in [0, 0.05) is 33.0 Å². The molecule has 7 rings (SSSR count). The highest BCUT2D eigenvalue weighted by molar-refractivity contribution is 6.24. The average Bonchev–Trinajstić information content (AvgIpc) is 3.11. The van der Waals surface area contributed by atoms with Gasteiger partial charge in [0.05, 0.1) is 22.1 Å². The molecule has 1 aromatic heterocycles. The largest absolute Gasteiger partial charge is 0.244 e. The van der Waals surface area contributed by atoms with Crippen molar-refractivity contribution in [3.63, 3.8) is 0 Å². The van der Waals surface area contributed by atoms with E-state index in [-0.39, 0.29) is 21.7 Å². The number of nitrogens with zero attached hydrogens (tertiary/aromatic N) is 2. The molecule has 270 valence electrons. The summed E-state index contributed by atoms with van der Waals surface area (Å²) in [6.45, 7) is 23.2. The maximum Gasteiger partial charge on any atom is 0.0979 e. The van der Waals surface area contributed by atoms with Gasteiger partial charge in [-0.1, -0.05) is 141 Å². The Balaban J connectivity index is 1.26. The van der Waals surface area contributed by atoms with Gasteiger partial charge in [0.25, 0.3) is 0 Å². The van der Waals surface area contributed by atoms with E-state index >= 15 is 0 Å². The molecule has 6 aromatic carbocycles. The predicted octanol–water partition coefficient (Wildman–Crippen LogP) is 13.3. The van der Waals surface area contributed by atoms with E-state index < -0.39 is 0 Å². The number of aromatic nitrogens is 2. The molecule has 0 N–H and O–H groups in total. The Morgan fingerprint density at radius 1 is 0.389 bits per heavy atom. The van der Waals surface area contributed by atoms with Crippen LogP contribution in [0.3, 0.4) is 0 Å². The monoisotopic (exact) mass is 704 g/mol. The van der Waals surface area contributed by atoms with Crippen molar-refractivity contribution in [2.75, 3.05) is 0 Å². The first-order valence-electron chi connectivity index (χ1n) is 19.3. The highest BCUT2D eigenvalue weighted by Gasteiger charge is 2.28. The van der Waals surface area contributed by atoms with Crippen LogP contribution < -0.4 is 0 Å². The van der Waals surface area contributed by atoms with Crippen molar-refractivity contribution in [1.29, 1.82) is 0 Å². The van der Waals surface area contributed by atoms with Crippen LogP contribution in [0.2, 0.25) is 0 Å². The van der Waals surface area contributed by atoms with Gasteiger partial charge in [-0.15, -0.1) is 0 Å². The molecule has 0 bridgehead atoms. The Labute approximate surface area is 322 Å². The Kier molecular flexibility index (Phi) is 9.40. The van der Waals surface area contributed by atoms with Crippen molar-refractivity contribution < 1.29 is 0 Å². The molecule has 0 unspecified atom stereocenters. The van der Waals surface area contributed by atoms with Gasteiger partial charge in [-0.2, -0.15) is 0 Å². The maximum atomic E-state index is 5.20. The Morgan fingerprint density at radius 2 is 0.722 bits per heavy atom. The lowest BCUT2D eigenvalue weighted by molar-refractivity contribution is 0.283. The topological polar surface area (TPSA) is 25.8 Å². The lowest BCUT2D eigenvalue weighted by Gasteiger charge is -2.33. The second kappa shape index (κ2) is 13.8. The van der Waals surface area contributed by atoms with Crippen LogP contribution in [0.25, 0.3) is 43.6 Å². The van der Waals surface area contributed by atoms with Crippen molar-refractivity contribution in [2.45, 2.75) is 92.9 Å². The first kappa shape index (κ1) is 36.9. The fourth-order valence-electron chi connectivity index (χ4n) is 8.64. The quantitative estimate of drug-likeness (QED) is 0.104. The zero-order valence-corrected chi connectivity index (χ0v) is 33.7. The molecule has 1 heterocycles. The Morgan fingerprint density at radius 3 is 1.07 bits per heavy atom. The third-order valence-corrected chi connectivity index (χ3v) is 10.4. The molecule has 0 aliphatic carbocycles. The zero-order valence-electron chi connectivity index (χ0n) is 33.7.